The molecule has 1 heterocycles. The maximum Gasteiger partial charge on any atom is 0.0346 e. The lowest BCUT2D eigenvalue weighted by Gasteiger charge is -2.01. The van der Waals surface area contributed by atoms with Gasteiger partial charge in [-0.05, 0) is 36.5 Å². The minimum atomic E-state index is 1.04. The molecule has 1 N–H and O–H groups in total. The summed E-state index contributed by atoms with van der Waals surface area (Å²) >= 11 is 0. The first kappa shape index (κ1) is 11.8. The van der Waals surface area contributed by atoms with Crippen molar-refractivity contribution in [3.63, 3.8) is 0 Å². The smallest absolute Gasteiger partial charge is 0.0346 e. The van der Waals surface area contributed by atoms with Crippen LogP contribution in [0, 0.1) is 0 Å². The van der Waals surface area contributed by atoms with Crippen LogP contribution < -0.4 is 5.32 Å². The Hall–Kier alpha value is -1.67. The molecule has 88 valence electrons. The van der Waals surface area contributed by atoms with Gasteiger partial charge in [0.15, 0.2) is 0 Å². The van der Waals surface area contributed by atoms with Crippen molar-refractivity contribution in [2.45, 2.75) is 13.3 Å². The number of fused-ring (bicyclic) bond motifs is 1. The maximum absolute atomic E-state index is 4.14. The quantitative estimate of drug-likeness (QED) is 0.792. The van der Waals surface area contributed by atoms with E-state index in [1.165, 1.54) is 16.3 Å². The minimum Gasteiger partial charge on any atom is -0.317 e. The minimum absolute atomic E-state index is 1.04. The van der Waals surface area contributed by atoms with Crippen molar-refractivity contribution in [1.29, 1.82) is 0 Å². The zero-order valence-corrected chi connectivity index (χ0v) is 10.2. The highest BCUT2D eigenvalue weighted by atomic mass is 14.8. The molecule has 0 spiro atoms. The molecular formula is C15H18N2. The lowest BCUT2D eigenvalue weighted by molar-refractivity contribution is 0.727. The number of benzene rings is 1. The average Bonchev–Trinajstić information content (AvgIpc) is 2.39. The summed E-state index contributed by atoms with van der Waals surface area (Å²) < 4.78 is 0. The number of rotatable bonds is 5. The molecule has 17 heavy (non-hydrogen) atoms. The van der Waals surface area contributed by atoms with Gasteiger partial charge in [0.1, 0.15) is 0 Å². The molecule has 0 bridgehead atoms. The SMILES string of the molecule is CCNCCC=Cc1cccc2cnccc12. The molecule has 0 radical (unpaired) electrons. The maximum atomic E-state index is 4.14. The van der Waals surface area contributed by atoms with E-state index in [4.69, 9.17) is 0 Å². The van der Waals surface area contributed by atoms with Crippen molar-refractivity contribution in [1.82, 2.24) is 10.3 Å². The molecule has 0 aliphatic rings. The van der Waals surface area contributed by atoms with Gasteiger partial charge in [-0.2, -0.15) is 0 Å². The summed E-state index contributed by atoms with van der Waals surface area (Å²) in [6.45, 7) is 4.20. The van der Waals surface area contributed by atoms with Crippen molar-refractivity contribution in [3.05, 3.63) is 48.3 Å². The third kappa shape index (κ3) is 3.14. The van der Waals surface area contributed by atoms with E-state index >= 15 is 0 Å². The normalized spacial score (nSPS) is 11.4. The molecule has 0 aliphatic heterocycles. The second-order valence-electron chi connectivity index (χ2n) is 3.99. The van der Waals surface area contributed by atoms with E-state index in [0.717, 1.165) is 19.5 Å². The predicted molar refractivity (Wildman–Crippen MR) is 73.9 cm³/mol. The summed E-state index contributed by atoms with van der Waals surface area (Å²) in [6, 6.07) is 8.39. The van der Waals surface area contributed by atoms with Crippen LogP contribution in [0.2, 0.25) is 0 Å². The van der Waals surface area contributed by atoms with Gasteiger partial charge in [-0.1, -0.05) is 37.3 Å². The molecule has 0 aliphatic carbocycles. The molecule has 2 rings (SSSR count). The fourth-order valence-electron chi connectivity index (χ4n) is 1.87. The van der Waals surface area contributed by atoms with Crippen LogP contribution in [-0.2, 0) is 0 Å². The van der Waals surface area contributed by atoms with Gasteiger partial charge in [0, 0.05) is 17.8 Å². The molecule has 1 aromatic heterocycles. The van der Waals surface area contributed by atoms with Crippen LogP contribution in [0.3, 0.4) is 0 Å². The van der Waals surface area contributed by atoms with E-state index in [0.29, 0.717) is 0 Å². The Balaban J connectivity index is 2.13. The number of hydrogen-bond acceptors (Lipinski definition) is 2. The Morgan fingerprint density at radius 1 is 1.29 bits per heavy atom. The van der Waals surface area contributed by atoms with Crippen molar-refractivity contribution in [2.24, 2.45) is 0 Å². The summed E-state index contributed by atoms with van der Waals surface area (Å²) in [5.74, 6) is 0. The highest BCUT2D eigenvalue weighted by Gasteiger charge is 1.96. The van der Waals surface area contributed by atoms with Gasteiger partial charge >= 0.3 is 0 Å². The van der Waals surface area contributed by atoms with Crippen LogP contribution in [0.5, 0.6) is 0 Å². The topological polar surface area (TPSA) is 24.9 Å². The second-order valence-corrected chi connectivity index (χ2v) is 3.99. The lowest BCUT2D eigenvalue weighted by atomic mass is 10.1. The van der Waals surface area contributed by atoms with Crippen molar-refractivity contribution < 1.29 is 0 Å². The van der Waals surface area contributed by atoms with Crippen LogP contribution in [0.25, 0.3) is 16.8 Å². The number of nitrogens with zero attached hydrogens (tertiary/aromatic N) is 1. The van der Waals surface area contributed by atoms with Crippen LogP contribution in [0.15, 0.2) is 42.7 Å². The molecule has 2 heteroatoms. The first-order chi connectivity index (χ1) is 8.42. The average molecular weight is 226 g/mol. The Bertz CT molecular complexity index is 498. The van der Waals surface area contributed by atoms with Crippen LogP contribution >= 0.6 is 0 Å². The largest absolute Gasteiger partial charge is 0.317 e. The number of hydrogen-bond donors (Lipinski definition) is 1. The highest BCUT2D eigenvalue weighted by Crippen LogP contribution is 2.18. The van der Waals surface area contributed by atoms with Crippen LogP contribution in [-0.4, -0.2) is 18.1 Å². The summed E-state index contributed by atoms with van der Waals surface area (Å²) in [4.78, 5) is 4.14. The summed E-state index contributed by atoms with van der Waals surface area (Å²) in [7, 11) is 0. The number of aromatic nitrogens is 1. The first-order valence-corrected chi connectivity index (χ1v) is 6.12. The summed E-state index contributed by atoms with van der Waals surface area (Å²) in [5.41, 5.74) is 1.27. The van der Waals surface area contributed by atoms with Gasteiger partial charge in [0.25, 0.3) is 0 Å². The Kier molecular flexibility index (Phi) is 4.28. The number of pyridine rings is 1. The van der Waals surface area contributed by atoms with E-state index in [1.807, 2.05) is 12.4 Å². The molecular weight excluding hydrogens is 208 g/mol. The van der Waals surface area contributed by atoms with Gasteiger partial charge < -0.3 is 5.32 Å². The highest BCUT2D eigenvalue weighted by molar-refractivity contribution is 5.89. The van der Waals surface area contributed by atoms with E-state index in [-0.39, 0.29) is 0 Å². The fourth-order valence-corrected chi connectivity index (χ4v) is 1.87. The second kappa shape index (κ2) is 6.16. The Morgan fingerprint density at radius 3 is 3.12 bits per heavy atom. The molecule has 2 aromatic rings. The molecule has 0 saturated heterocycles. The molecule has 0 unspecified atom stereocenters. The third-order valence-electron chi connectivity index (χ3n) is 2.75. The van der Waals surface area contributed by atoms with Crippen molar-refractivity contribution in [2.75, 3.05) is 13.1 Å². The fraction of sp³-hybridized carbons (Fsp3) is 0.267. The summed E-state index contributed by atoms with van der Waals surface area (Å²) in [6.07, 6.45) is 9.23. The lowest BCUT2D eigenvalue weighted by Crippen LogP contribution is -2.12. The van der Waals surface area contributed by atoms with E-state index in [2.05, 4.69) is 53.6 Å². The number of nitrogens with one attached hydrogen (secondary N) is 1. The molecule has 0 atom stereocenters. The standard InChI is InChI=1S/C15H18N2/c1-2-16-10-4-3-6-13-7-5-8-14-12-17-11-9-15(13)14/h3,5-9,11-12,16H,2,4,10H2,1H3. The van der Waals surface area contributed by atoms with Crippen molar-refractivity contribution >= 4 is 16.8 Å². The molecule has 0 fully saturated rings. The zero-order valence-electron chi connectivity index (χ0n) is 10.2. The van der Waals surface area contributed by atoms with Gasteiger partial charge in [-0.25, -0.2) is 0 Å². The summed E-state index contributed by atoms with van der Waals surface area (Å²) in [5, 5.41) is 5.77. The first-order valence-electron chi connectivity index (χ1n) is 6.12. The van der Waals surface area contributed by atoms with Gasteiger partial charge in [-0.15, -0.1) is 0 Å². The van der Waals surface area contributed by atoms with Gasteiger partial charge in [0.05, 0.1) is 0 Å². The van der Waals surface area contributed by atoms with E-state index < -0.39 is 0 Å². The molecule has 0 saturated carbocycles. The van der Waals surface area contributed by atoms with Crippen LogP contribution in [0.1, 0.15) is 18.9 Å². The van der Waals surface area contributed by atoms with E-state index in [9.17, 15) is 0 Å². The monoisotopic (exact) mass is 226 g/mol. The molecule has 2 nitrogen and oxygen atoms in total. The van der Waals surface area contributed by atoms with Gasteiger partial charge in [0.2, 0.25) is 0 Å². The molecule has 0 amide bonds. The van der Waals surface area contributed by atoms with Gasteiger partial charge in [-0.3, -0.25) is 4.98 Å². The van der Waals surface area contributed by atoms with Crippen LogP contribution in [0.4, 0.5) is 0 Å². The van der Waals surface area contributed by atoms with E-state index in [1.54, 1.807) is 0 Å². The van der Waals surface area contributed by atoms with Crippen molar-refractivity contribution in [3.8, 4) is 0 Å². The Morgan fingerprint density at radius 2 is 2.24 bits per heavy atom. The predicted octanol–water partition coefficient (Wildman–Crippen LogP) is 3.25. The third-order valence-corrected chi connectivity index (χ3v) is 2.75. The zero-order chi connectivity index (χ0) is 11.9. The molecule has 1 aromatic carbocycles. The Labute approximate surface area is 102 Å².